The number of rotatable bonds is 1. The van der Waals surface area contributed by atoms with Gasteiger partial charge in [0.1, 0.15) is 0 Å². The van der Waals surface area contributed by atoms with E-state index >= 15 is 0 Å². The molecule has 15 heavy (non-hydrogen) atoms. The summed E-state index contributed by atoms with van der Waals surface area (Å²) in [6.07, 6.45) is 1.77. The van der Waals surface area contributed by atoms with Crippen LogP contribution >= 0.6 is 0 Å². The Kier molecular flexibility index (Phi) is 1.69. The maximum Gasteiger partial charge on any atom is 0.0853 e. The molecule has 3 aromatic rings. The molecule has 0 saturated carbocycles. The Hall–Kier alpha value is -1.94. The lowest BCUT2D eigenvalue weighted by Gasteiger charge is -2.00. The van der Waals surface area contributed by atoms with Crippen LogP contribution in [0.4, 0.5) is 0 Å². The summed E-state index contributed by atoms with van der Waals surface area (Å²) in [4.78, 5) is 4.33. The van der Waals surface area contributed by atoms with Crippen molar-refractivity contribution in [2.75, 3.05) is 0 Å². The molecular formula is C11H9N3O. The van der Waals surface area contributed by atoms with Crippen molar-refractivity contribution >= 4 is 21.8 Å². The molecule has 4 heteroatoms. The number of aromatic amines is 1. The van der Waals surface area contributed by atoms with Crippen molar-refractivity contribution in [3.63, 3.8) is 0 Å². The Balaban J connectivity index is 2.38. The minimum absolute atomic E-state index is 0.0284. The second-order valence-electron chi connectivity index (χ2n) is 3.46. The number of hydrogen-bond donors (Lipinski definition) is 2. The molecule has 0 amide bonds. The lowest BCUT2D eigenvalue weighted by molar-refractivity contribution is 0.277. The fourth-order valence-corrected chi connectivity index (χ4v) is 1.69. The first-order valence-corrected chi connectivity index (χ1v) is 4.70. The van der Waals surface area contributed by atoms with Gasteiger partial charge in [0.2, 0.25) is 0 Å². The van der Waals surface area contributed by atoms with Crippen molar-refractivity contribution in [1.29, 1.82) is 0 Å². The van der Waals surface area contributed by atoms with Gasteiger partial charge >= 0.3 is 0 Å². The molecule has 0 unspecified atom stereocenters. The molecular weight excluding hydrogens is 190 g/mol. The van der Waals surface area contributed by atoms with E-state index in [0.29, 0.717) is 5.69 Å². The van der Waals surface area contributed by atoms with Gasteiger partial charge in [-0.2, -0.15) is 5.10 Å². The van der Waals surface area contributed by atoms with Crippen LogP contribution in [0.3, 0.4) is 0 Å². The summed E-state index contributed by atoms with van der Waals surface area (Å²) in [5.41, 5.74) is 2.57. The highest BCUT2D eigenvalue weighted by atomic mass is 16.3. The van der Waals surface area contributed by atoms with E-state index in [1.54, 1.807) is 6.20 Å². The third-order valence-electron chi connectivity index (χ3n) is 2.47. The number of aliphatic hydroxyl groups excluding tert-OH is 1. The fourth-order valence-electron chi connectivity index (χ4n) is 1.69. The maximum atomic E-state index is 8.99. The highest BCUT2D eigenvalue weighted by Gasteiger charge is 2.01. The summed E-state index contributed by atoms with van der Waals surface area (Å²) >= 11 is 0. The van der Waals surface area contributed by atoms with Gasteiger partial charge in [0.05, 0.1) is 29.5 Å². The second-order valence-corrected chi connectivity index (χ2v) is 3.46. The van der Waals surface area contributed by atoms with Gasteiger partial charge in [0.15, 0.2) is 0 Å². The molecule has 1 aromatic carbocycles. The molecule has 0 aliphatic heterocycles. The normalized spacial score (nSPS) is 11.3. The largest absolute Gasteiger partial charge is 0.390 e. The van der Waals surface area contributed by atoms with Crippen molar-refractivity contribution in [2.45, 2.75) is 6.61 Å². The van der Waals surface area contributed by atoms with Crippen molar-refractivity contribution in [1.82, 2.24) is 15.2 Å². The molecule has 0 atom stereocenters. The molecule has 0 aliphatic rings. The highest BCUT2D eigenvalue weighted by Crippen LogP contribution is 2.19. The second kappa shape index (κ2) is 3.03. The van der Waals surface area contributed by atoms with E-state index in [9.17, 15) is 0 Å². The number of nitrogens with one attached hydrogen (secondary N) is 1. The lowest BCUT2D eigenvalue weighted by Crippen LogP contribution is -1.88. The average molecular weight is 199 g/mol. The summed E-state index contributed by atoms with van der Waals surface area (Å²) in [6.45, 7) is -0.0284. The van der Waals surface area contributed by atoms with Gasteiger partial charge in [0, 0.05) is 10.8 Å². The summed E-state index contributed by atoms with van der Waals surface area (Å²) in [5, 5.41) is 17.9. The SMILES string of the molecule is OCc1ccc2cc3[nH]ncc3cc2n1. The molecule has 2 N–H and O–H groups in total. The number of H-pyrrole nitrogens is 1. The number of nitrogens with zero attached hydrogens (tertiary/aromatic N) is 2. The molecule has 0 aliphatic carbocycles. The number of hydrogen-bond acceptors (Lipinski definition) is 3. The van der Waals surface area contributed by atoms with E-state index in [1.807, 2.05) is 24.3 Å². The van der Waals surface area contributed by atoms with E-state index < -0.39 is 0 Å². The van der Waals surface area contributed by atoms with Crippen molar-refractivity contribution < 1.29 is 5.11 Å². The van der Waals surface area contributed by atoms with Gasteiger partial charge in [-0.05, 0) is 18.2 Å². The first-order chi connectivity index (χ1) is 7.36. The topological polar surface area (TPSA) is 61.8 Å². The molecule has 2 aromatic heterocycles. The molecule has 0 saturated heterocycles. The monoisotopic (exact) mass is 199 g/mol. The Morgan fingerprint density at radius 3 is 3.00 bits per heavy atom. The summed E-state index contributed by atoms with van der Waals surface area (Å²) in [5.74, 6) is 0. The van der Waals surface area contributed by atoms with Crippen LogP contribution in [-0.2, 0) is 6.61 Å². The lowest BCUT2D eigenvalue weighted by atomic mass is 10.1. The van der Waals surface area contributed by atoms with Gasteiger partial charge in [-0.25, -0.2) is 0 Å². The Labute approximate surface area is 85.6 Å². The van der Waals surface area contributed by atoms with Crippen LogP contribution in [0.5, 0.6) is 0 Å². The zero-order valence-electron chi connectivity index (χ0n) is 7.94. The molecule has 0 spiro atoms. The zero-order chi connectivity index (χ0) is 10.3. The molecule has 0 bridgehead atoms. The fraction of sp³-hybridized carbons (Fsp3) is 0.0909. The summed E-state index contributed by atoms with van der Waals surface area (Å²) in [6, 6.07) is 7.75. The Morgan fingerprint density at radius 1 is 1.20 bits per heavy atom. The van der Waals surface area contributed by atoms with Crippen molar-refractivity contribution in [3.8, 4) is 0 Å². The maximum absolute atomic E-state index is 8.99. The Bertz CT molecular complexity index is 630. The highest BCUT2D eigenvalue weighted by molar-refractivity contribution is 5.94. The van der Waals surface area contributed by atoms with Gasteiger partial charge < -0.3 is 5.11 Å². The summed E-state index contributed by atoms with van der Waals surface area (Å²) in [7, 11) is 0. The van der Waals surface area contributed by atoms with Gasteiger partial charge in [-0.3, -0.25) is 10.1 Å². The molecule has 4 nitrogen and oxygen atoms in total. The van der Waals surface area contributed by atoms with Crippen molar-refractivity contribution in [3.05, 3.63) is 36.2 Å². The third kappa shape index (κ3) is 1.27. The first-order valence-electron chi connectivity index (χ1n) is 4.70. The number of fused-ring (bicyclic) bond motifs is 2. The van der Waals surface area contributed by atoms with Crippen LogP contribution in [0.2, 0.25) is 0 Å². The molecule has 0 radical (unpaired) electrons. The minimum atomic E-state index is -0.0284. The van der Waals surface area contributed by atoms with E-state index in [0.717, 1.165) is 21.8 Å². The molecule has 0 fully saturated rings. The molecule has 3 rings (SSSR count). The van der Waals surface area contributed by atoms with Crippen LogP contribution in [-0.4, -0.2) is 20.3 Å². The minimum Gasteiger partial charge on any atom is -0.390 e. The quantitative estimate of drug-likeness (QED) is 0.625. The number of aromatic nitrogens is 3. The molecule has 2 heterocycles. The van der Waals surface area contributed by atoms with Crippen LogP contribution in [0, 0.1) is 0 Å². The number of aliphatic hydroxyl groups is 1. The average Bonchev–Trinajstić information content (AvgIpc) is 2.72. The van der Waals surface area contributed by atoms with E-state index in [1.165, 1.54) is 0 Å². The third-order valence-corrected chi connectivity index (χ3v) is 2.47. The Morgan fingerprint density at radius 2 is 2.13 bits per heavy atom. The zero-order valence-corrected chi connectivity index (χ0v) is 7.94. The van der Waals surface area contributed by atoms with Gasteiger partial charge in [0.25, 0.3) is 0 Å². The molecule has 74 valence electrons. The standard InChI is InChI=1S/C11H9N3O/c15-6-9-2-1-7-3-11-8(5-12-14-11)4-10(7)13-9/h1-5,15H,6H2,(H,12,14). The van der Waals surface area contributed by atoms with E-state index in [2.05, 4.69) is 15.2 Å². The van der Waals surface area contributed by atoms with Crippen LogP contribution in [0.15, 0.2) is 30.5 Å². The van der Waals surface area contributed by atoms with Crippen LogP contribution in [0.25, 0.3) is 21.8 Å². The summed E-state index contributed by atoms with van der Waals surface area (Å²) < 4.78 is 0. The predicted octanol–water partition coefficient (Wildman–Crippen LogP) is 1.60. The number of benzene rings is 1. The predicted molar refractivity (Wildman–Crippen MR) is 57.3 cm³/mol. The van der Waals surface area contributed by atoms with Gasteiger partial charge in [-0.15, -0.1) is 0 Å². The van der Waals surface area contributed by atoms with Crippen LogP contribution < -0.4 is 0 Å². The van der Waals surface area contributed by atoms with Gasteiger partial charge in [-0.1, -0.05) is 6.07 Å². The van der Waals surface area contributed by atoms with Crippen molar-refractivity contribution in [2.24, 2.45) is 0 Å². The number of pyridine rings is 1. The smallest absolute Gasteiger partial charge is 0.0853 e. The first kappa shape index (κ1) is 8.38. The van der Waals surface area contributed by atoms with E-state index in [4.69, 9.17) is 5.11 Å². The van der Waals surface area contributed by atoms with Crippen LogP contribution in [0.1, 0.15) is 5.69 Å². The van der Waals surface area contributed by atoms with E-state index in [-0.39, 0.29) is 6.61 Å².